The molecule has 0 aromatic rings. The van der Waals surface area contributed by atoms with E-state index >= 15 is 0 Å². The molecule has 0 aliphatic rings. The van der Waals surface area contributed by atoms with Crippen molar-refractivity contribution < 1.29 is 5.11 Å². The highest BCUT2D eigenvalue weighted by atomic mass is 16.2. The van der Waals surface area contributed by atoms with E-state index in [1.54, 1.807) is 0 Å². The summed E-state index contributed by atoms with van der Waals surface area (Å²) in [6, 6.07) is 0. The number of hydrogen-bond donors (Lipinski definition) is 1. The van der Waals surface area contributed by atoms with Crippen molar-refractivity contribution in [2.24, 2.45) is 0 Å². The molecule has 0 fully saturated rings. The third kappa shape index (κ3) is 9.10. The molecule has 0 rings (SSSR count). The molecule has 0 aromatic heterocycles. The topological polar surface area (TPSA) is 20.2 Å². The lowest BCUT2D eigenvalue weighted by atomic mass is 10.1. The first-order valence-corrected chi connectivity index (χ1v) is 4.64. The van der Waals surface area contributed by atoms with Crippen LogP contribution in [0.3, 0.4) is 0 Å². The Kier molecular flexibility index (Phi) is 9.34. The van der Waals surface area contributed by atoms with Crippen LogP contribution in [-0.2, 0) is 0 Å². The second-order valence-electron chi connectivity index (χ2n) is 2.88. The molecule has 0 saturated carbocycles. The molecule has 0 spiro atoms. The molecule has 1 N–H and O–H groups in total. The van der Waals surface area contributed by atoms with Gasteiger partial charge in [-0.3, -0.25) is 0 Å². The van der Waals surface area contributed by atoms with Gasteiger partial charge in [-0.1, -0.05) is 31.3 Å². The van der Waals surface area contributed by atoms with Crippen LogP contribution in [0.2, 0.25) is 0 Å². The van der Waals surface area contributed by atoms with Gasteiger partial charge < -0.3 is 5.11 Å². The Balaban J connectivity index is 2.89. The molecular formula is C11H18O. The van der Waals surface area contributed by atoms with Gasteiger partial charge in [-0.25, -0.2) is 0 Å². The molecule has 0 radical (unpaired) electrons. The summed E-state index contributed by atoms with van der Waals surface area (Å²) in [4.78, 5) is 0. The molecule has 0 atom stereocenters. The molecule has 1 nitrogen and oxygen atoms in total. The summed E-state index contributed by atoms with van der Waals surface area (Å²) in [5.41, 5.74) is 0. The molecule has 12 heavy (non-hydrogen) atoms. The van der Waals surface area contributed by atoms with Gasteiger partial charge in [0.15, 0.2) is 0 Å². The fourth-order valence-corrected chi connectivity index (χ4v) is 1.09. The fraction of sp³-hybridized carbons (Fsp3) is 0.636. The van der Waals surface area contributed by atoms with E-state index in [-0.39, 0.29) is 0 Å². The monoisotopic (exact) mass is 166 g/mol. The van der Waals surface area contributed by atoms with Gasteiger partial charge >= 0.3 is 0 Å². The van der Waals surface area contributed by atoms with Crippen molar-refractivity contribution in [3.8, 4) is 12.0 Å². The third-order valence-electron chi connectivity index (χ3n) is 1.79. The molecular weight excluding hydrogens is 148 g/mol. The Bertz CT molecular complexity index is 150. The molecule has 0 unspecified atom stereocenters. The Morgan fingerprint density at radius 3 is 2.42 bits per heavy atom. The molecule has 0 saturated heterocycles. The number of aliphatic hydroxyl groups is 1. The van der Waals surface area contributed by atoms with Gasteiger partial charge in [-0.2, -0.15) is 0 Å². The lowest BCUT2D eigenvalue weighted by Crippen LogP contribution is -1.77. The van der Waals surface area contributed by atoms with Crippen LogP contribution in [0.5, 0.6) is 0 Å². The number of rotatable bonds is 7. The van der Waals surface area contributed by atoms with Crippen molar-refractivity contribution in [3.05, 3.63) is 12.7 Å². The van der Waals surface area contributed by atoms with Crippen LogP contribution in [0.15, 0.2) is 12.7 Å². The zero-order chi connectivity index (χ0) is 9.07. The molecule has 0 aromatic carbocycles. The second kappa shape index (κ2) is 10.1. The zero-order valence-corrected chi connectivity index (χ0v) is 7.68. The van der Waals surface area contributed by atoms with Gasteiger partial charge in [0.2, 0.25) is 0 Å². The van der Waals surface area contributed by atoms with Crippen LogP contribution in [0.1, 0.15) is 44.9 Å². The summed E-state index contributed by atoms with van der Waals surface area (Å²) < 4.78 is 0. The predicted molar refractivity (Wildman–Crippen MR) is 52.2 cm³/mol. The first kappa shape index (κ1) is 11.1. The van der Waals surface area contributed by atoms with Crippen molar-refractivity contribution in [3.63, 3.8) is 0 Å². The molecule has 1 heteroatoms. The van der Waals surface area contributed by atoms with Gasteiger partial charge in [0.25, 0.3) is 0 Å². The van der Waals surface area contributed by atoms with E-state index < -0.39 is 0 Å². The summed E-state index contributed by atoms with van der Waals surface area (Å²) in [6.45, 7) is 3.67. The Morgan fingerprint density at radius 1 is 1.08 bits per heavy atom. The van der Waals surface area contributed by atoms with Crippen LogP contribution in [0.4, 0.5) is 0 Å². The number of hydrogen-bond acceptors (Lipinski definition) is 1. The highest BCUT2D eigenvalue weighted by Crippen LogP contribution is 2.06. The lowest BCUT2D eigenvalue weighted by Gasteiger charge is -1.96. The van der Waals surface area contributed by atoms with Gasteiger partial charge in [0.05, 0.1) is 0 Å². The van der Waals surface area contributed by atoms with Gasteiger partial charge in [0, 0.05) is 6.42 Å². The Hall–Kier alpha value is -0.900. The molecule has 0 heterocycles. The minimum atomic E-state index is 0.831. The lowest BCUT2D eigenvalue weighted by molar-refractivity contribution is 0.515. The van der Waals surface area contributed by atoms with E-state index in [9.17, 15) is 0 Å². The summed E-state index contributed by atoms with van der Waals surface area (Å²) >= 11 is 0. The SMILES string of the molecule is C=CCCCCCCCC#CO. The fourth-order valence-electron chi connectivity index (χ4n) is 1.09. The minimum absolute atomic E-state index is 0.831. The maximum Gasteiger partial charge on any atom is 0.107 e. The standard InChI is InChI=1S/C11H18O/c1-2-3-4-5-6-7-8-9-10-11-12/h2,12H,1,3-9H2. The summed E-state index contributed by atoms with van der Waals surface area (Å²) in [6.07, 6.45) is 12.0. The molecule has 0 aliphatic carbocycles. The van der Waals surface area contributed by atoms with Crippen LogP contribution < -0.4 is 0 Å². The predicted octanol–water partition coefficient (Wildman–Crippen LogP) is 3.24. The Morgan fingerprint density at radius 2 is 1.75 bits per heavy atom. The molecule has 0 amide bonds. The Labute approximate surface area is 75.5 Å². The van der Waals surface area contributed by atoms with Crippen LogP contribution in [0, 0.1) is 12.0 Å². The molecule has 0 bridgehead atoms. The quantitative estimate of drug-likeness (QED) is 0.350. The maximum atomic E-state index is 8.17. The largest absolute Gasteiger partial charge is 0.462 e. The van der Waals surface area contributed by atoms with E-state index in [0.29, 0.717) is 0 Å². The highest BCUT2D eigenvalue weighted by Gasteiger charge is 1.87. The van der Waals surface area contributed by atoms with Crippen LogP contribution in [-0.4, -0.2) is 5.11 Å². The van der Waals surface area contributed by atoms with Crippen molar-refractivity contribution in [1.82, 2.24) is 0 Å². The number of unbranched alkanes of at least 4 members (excludes halogenated alkanes) is 6. The second-order valence-corrected chi connectivity index (χ2v) is 2.88. The van der Waals surface area contributed by atoms with Crippen molar-refractivity contribution in [1.29, 1.82) is 0 Å². The van der Waals surface area contributed by atoms with Gasteiger partial charge in [0.1, 0.15) is 6.11 Å². The van der Waals surface area contributed by atoms with Crippen molar-refractivity contribution in [2.75, 3.05) is 0 Å². The van der Waals surface area contributed by atoms with Gasteiger partial charge in [-0.05, 0) is 19.3 Å². The van der Waals surface area contributed by atoms with Crippen LogP contribution >= 0.6 is 0 Å². The third-order valence-corrected chi connectivity index (χ3v) is 1.79. The zero-order valence-electron chi connectivity index (χ0n) is 7.68. The first-order valence-electron chi connectivity index (χ1n) is 4.64. The highest BCUT2D eigenvalue weighted by molar-refractivity contribution is 4.88. The first-order chi connectivity index (χ1) is 5.91. The normalized spacial score (nSPS) is 8.67. The minimum Gasteiger partial charge on any atom is -0.462 e. The smallest absolute Gasteiger partial charge is 0.107 e. The van der Waals surface area contributed by atoms with E-state index in [4.69, 9.17) is 5.11 Å². The average molecular weight is 166 g/mol. The van der Waals surface area contributed by atoms with Gasteiger partial charge in [-0.15, -0.1) is 6.58 Å². The summed E-state index contributed by atoms with van der Waals surface area (Å²) in [5, 5.41) is 8.17. The van der Waals surface area contributed by atoms with E-state index in [1.807, 2.05) is 12.2 Å². The van der Waals surface area contributed by atoms with Crippen molar-refractivity contribution in [2.45, 2.75) is 44.9 Å². The van der Waals surface area contributed by atoms with Crippen molar-refractivity contribution >= 4 is 0 Å². The molecule has 68 valence electrons. The average Bonchev–Trinajstić information content (AvgIpc) is 2.10. The number of aliphatic hydroxyl groups excluding tert-OH is 1. The molecule has 0 aliphatic heterocycles. The maximum absolute atomic E-state index is 8.17. The van der Waals surface area contributed by atoms with E-state index in [0.717, 1.165) is 19.3 Å². The van der Waals surface area contributed by atoms with E-state index in [2.05, 4.69) is 12.5 Å². The number of allylic oxidation sites excluding steroid dienone is 1. The van der Waals surface area contributed by atoms with Crippen LogP contribution in [0.25, 0.3) is 0 Å². The summed E-state index contributed by atoms with van der Waals surface area (Å²) in [5.74, 6) is 2.64. The van der Waals surface area contributed by atoms with E-state index in [1.165, 1.54) is 25.7 Å². The summed E-state index contributed by atoms with van der Waals surface area (Å²) in [7, 11) is 0.